The second-order valence-electron chi connectivity index (χ2n) is 4.48. The molecular formula is C12H17ClN4O. The van der Waals surface area contributed by atoms with Gasteiger partial charge in [-0.25, -0.2) is 10.8 Å². The van der Waals surface area contributed by atoms with Crippen molar-refractivity contribution in [2.45, 2.75) is 38.1 Å². The minimum Gasteiger partial charge on any atom is -0.348 e. The standard InChI is InChI=1S/C12H17ClN4O/c13-9-6-7-10(17-14)16-11(9)12(18)15-8-4-2-1-3-5-8/h6-8H,1-5,14H2,(H,15,18)(H,16,17). The molecule has 6 heteroatoms. The van der Waals surface area contributed by atoms with E-state index < -0.39 is 0 Å². The lowest BCUT2D eigenvalue weighted by Gasteiger charge is -2.22. The summed E-state index contributed by atoms with van der Waals surface area (Å²) in [5.41, 5.74) is 2.62. The Labute approximate surface area is 111 Å². The average Bonchev–Trinajstić information content (AvgIpc) is 2.40. The van der Waals surface area contributed by atoms with Crippen molar-refractivity contribution in [3.63, 3.8) is 0 Å². The van der Waals surface area contributed by atoms with Gasteiger partial charge in [0.15, 0.2) is 0 Å². The van der Waals surface area contributed by atoms with Crippen molar-refractivity contribution in [3.05, 3.63) is 22.8 Å². The second kappa shape index (κ2) is 6.02. The van der Waals surface area contributed by atoms with Gasteiger partial charge in [-0.2, -0.15) is 0 Å². The molecular weight excluding hydrogens is 252 g/mol. The van der Waals surface area contributed by atoms with Crippen molar-refractivity contribution < 1.29 is 4.79 Å². The molecule has 0 saturated heterocycles. The van der Waals surface area contributed by atoms with E-state index in [4.69, 9.17) is 17.4 Å². The number of aromatic nitrogens is 1. The van der Waals surface area contributed by atoms with Crippen molar-refractivity contribution in [3.8, 4) is 0 Å². The van der Waals surface area contributed by atoms with Gasteiger partial charge in [-0.3, -0.25) is 4.79 Å². The van der Waals surface area contributed by atoms with Crippen LogP contribution in [-0.4, -0.2) is 16.9 Å². The van der Waals surface area contributed by atoms with Gasteiger partial charge in [0, 0.05) is 6.04 Å². The second-order valence-corrected chi connectivity index (χ2v) is 4.89. The molecule has 0 bridgehead atoms. The topological polar surface area (TPSA) is 80.0 Å². The van der Waals surface area contributed by atoms with Crippen LogP contribution in [0.25, 0.3) is 0 Å². The monoisotopic (exact) mass is 268 g/mol. The number of nitrogens with two attached hydrogens (primary N) is 1. The van der Waals surface area contributed by atoms with Crippen molar-refractivity contribution >= 4 is 23.3 Å². The normalized spacial score (nSPS) is 16.3. The lowest BCUT2D eigenvalue weighted by molar-refractivity contribution is 0.0923. The molecule has 1 aromatic heterocycles. The van der Waals surface area contributed by atoms with Crippen LogP contribution in [0.1, 0.15) is 42.6 Å². The van der Waals surface area contributed by atoms with Crippen LogP contribution in [0.2, 0.25) is 5.02 Å². The zero-order chi connectivity index (χ0) is 13.0. The molecule has 2 rings (SSSR count). The number of nitrogens with one attached hydrogen (secondary N) is 2. The number of hydrogen-bond acceptors (Lipinski definition) is 4. The molecule has 1 aromatic rings. The number of hydrazine groups is 1. The first kappa shape index (κ1) is 13.1. The van der Waals surface area contributed by atoms with Gasteiger partial charge in [0.2, 0.25) is 0 Å². The minimum absolute atomic E-state index is 0.220. The number of carbonyl (C=O) groups is 1. The smallest absolute Gasteiger partial charge is 0.271 e. The Morgan fingerprint density at radius 3 is 2.72 bits per heavy atom. The van der Waals surface area contributed by atoms with Gasteiger partial charge in [0.1, 0.15) is 11.5 Å². The largest absolute Gasteiger partial charge is 0.348 e. The summed E-state index contributed by atoms with van der Waals surface area (Å²) in [6.45, 7) is 0. The summed E-state index contributed by atoms with van der Waals surface area (Å²) in [6.07, 6.45) is 5.63. The molecule has 0 spiro atoms. The SMILES string of the molecule is NNc1ccc(Cl)c(C(=O)NC2CCCCC2)n1. The third-order valence-corrected chi connectivity index (χ3v) is 3.45. The van der Waals surface area contributed by atoms with E-state index in [-0.39, 0.29) is 17.6 Å². The van der Waals surface area contributed by atoms with Crippen molar-refractivity contribution in [2.24, 2.45) is 5.84 Å². The van der Waals surface area contributed by atoms with Crippen molar-refractivity contribution in [1.82, 2.24) is 10.3 Å². The van der Waals surface area contributed by atoms with E-state index in [0.29, 0.717) is 10.8 Å². The number of nitrogen functional groups attached to an aromatic ring is 1. The first-order chi connectivity index (χ1) is 8.70. The highest BCUT2D eigenvalue weighted by molar-refractivity contribution is 6.33. The van der Waals surface area contributed by atoms with Crippen molar-refractivity contribution in [2.75, 3.05) is 5.43 Å². The molecule has 4 N–H and O–H groups in total. The van der Waals surface area contributed by atoms with Crippen LogP contribution in [-0.2, 0) is 0 Å². The zero-order valence-corrected chi connectivity index (χ0v) is 10.8. The predicted octanol–water partition coefficient (Wildman–Crippen LogP) is 2.08. The van der Waals surface area contributed by atoms with Crippen LogP contribution >= 0.6 is 11.6 Å². The number of rotatable bonds is 3. The van der Waals surface area contributed by atoms with Crippen LogP contribution in [0.15, 0.2) is 12.1 Å². The number of carbonyl (C=O) groups excluding carboxylic acids is 1. The van der Waals surface area contributed by atoms with Gasteiger partial charge in [-0.1, -0.05) is 30.9 Å². The minimum atomic E-state index is -0.232. The van der Waals surface area contributed by atoms with Crippen LogP contribution in [0, 0.1) is 0 Å². The molecule has 0 aromatic carbocycles. The highest BCUT2D eigenvalue weighted by Gasteiger charge is 2.19. The number of anilines is 1. The Bertz CT molecular complexity index is 432. The fourth-order valence-corrected chi connectivity index (χ4v) is 2.37. The fraction of sp³-hybridized carbons (Fsp3) is 0.500. The Morgan fingerprint density at radius 2 is 2.06 bits per heavy atom. The van der Waals surface area contributed by atoms with Gasteiger partial charge in [0.25, 0.3) is 5.91 Å². The molecule has 18 heavy (non-hydrogen) atoms. The van der Waals surface area contributed by atoms with Gasteiger partial charge in [-0.05, 0) is 25.0 Å². The Morgan fingerprint density at radius 1 is 1.33 bits per heavy atom. The van der Waals surface area contributed by atoms with E-state index in [0.717, 1.165) is 25.7 Å². The van der Waals surface area contributed by atoms with E-state index in [2.05, 4.69) is 15.7 Å². The third-order valence-electron chi connectivity index (χ3n) is 3.15. The van der Waals surface area contributed by atoms with Gasteiger partial charge < -0.3 is 10.7 Å². The zero-order valence-electron chi connectivity index (χ0n) is 10.1. The Balaban J connectivity index is 2.07. The molecule has 0 unspecified atom stereocenters. The molecule has 1 aliphatic carbocycles. The van der Waals surface area contributed by atoms with Gasteiger partial charge >= 0.3 is 0 Å². The number of nitrogens with zero attached hydrogens (tertiary/aromatic N) is 1. The van der Waals surface area contributed by atoms with E-state index in [1.165, 1.54) is 6.42 Å². The highest BCUT2D eigenvalue weighted by atomic mass is 35.5. The van der Waals surface area contributed by atoms with E-state index >= 15 is 0 Å². The molecule has 1 heterocycles. The molecule has 0 aliphatic heterocycles. The fourth-order valence-electron chi connectivity index (χ4n) is 2.18. The first-order valence-corrected chi connectivity index (χ1v) is 6.52. The molecule has 1 amide bonds. The summed E-state index contributed by atoms with van der Waals surface area (Å²) in [6, 6.07) is 3.47. The Kier molecular flexibility index (Phi) is 4.38. The van der Waals surface area contributed by atoms with Crippen molar-refractivity contribution in [1.29, 1.82) is 0 Å². The summed E-state index contributed by atoms with van der Waals surface area (Å²) >= 11 is 5.97. The highest BCUT2D eigenvalue weighted by Crippen LogP contribution is 2.20. The number of hydrogen-bond donors (Lipinski definition) is 3. The molecule has 5 nitrogen and oxygen atoms in total. The summed E-state index contributed by atoms with van der Waals surface area (Å²) in [4.78, 5) is 16.2. The summed E-state index contributed by atoms with van der Waals surface area (Å²) < 4.78 is 0. The quantitative estimate of drug-likeness (QED) is 0.579. The molecule has 0 atom stereocenters. The van der Waals surface area contributed by atoms with E-state index in [1.54, 1.807) is 12.1 Å². The average molecular weight is 269 g/mol. The van der Waals surface area contributed by atoms with Crippen LogP contribution in [0.5, 0.6) is 0 Å². The predicted molar refractivity (Wildman–Crippen MR) is 71.4 cm³/mol. The maximum Gasteiger partial charge on any atom is 0.271 e. The summed E-state index contributed by atoms with van der Waals surface area (Å²) in [5.74, 6) is 5.46. The van der Waals surface area contributed by atoms with E-state index in [1.807, 2.05) is 0 Å². The summed E-state index contributed by atoms with van der Waals surface area (Å²) in [5, 5.41) is 3.31. The molecule has 98 valence electrons. The molecule has 1 fully saturated rings. The van der Waals surface area contributed by atoms with Crippen LogP contribution < -0.4 is 16.6 Å². The van der Waals surface area contributed by atoms with Gasteiger partial charge in [0.05, 0.1) is 5.02 Å². The van der Waals surface area contributed by atoms with E-state index in [9.17, 15) is 4.79 Å². The maximum absolute atomic E-state index is 12.1. The maximum atomic E-state index is 12.1. The Hall–Kier alpha value is -1.33. The van der Waals surface area contributed by atoms with Crippen LogP contribution in [0.3, 0.4) is 0 Å². The first-order valence-electron chi connectivity index (χ1n) is 6.14. The molecule has 1 saturated carbocycles. The lowest BCUT2D eigenvalue weighted by atomic mass is 9.95. The molecule has 0 radical (unpaired) electrons. The summed E-state index contributed by atoms with van der Waals surface area (Å²) in [7, 11) is 0. The lowest BCUT2D eigenvalue weighted by Crippen LogP contribution is -2.36. The third kappa shape index (κ3) is 3.11. The number of pyridine rings is 1. The number of halogens is 1. The molecule has 1 aliphatic rings. The van der Waals surface area contributed by atoms with Gasteiger partial charge in [-0.15, -0.1) is 0 Å². The van der Waals surface area contributed by atoms with Crippen LogP contribution in [0.4, 0.5) is 5.82 Å². The number of amides is 1.